The maximum atomic E-state index is 12.9. The summed E-state index contributed by atoms with van der Waals surface area (Å²) in [4.78, 5) is 31.1. The van der Waals surface area contributed by atoms with E-state index < -0.39 is 5.97 Å². The molecule has 0 aliphatic carbocycles. The molecule has 0 amide bonds. The van der Waals surface area contributed by atoms with Crippen molar-refractivity contribution >= 4 is 23.5 Å². The minimum atomic E-state index is -0.798. The van der Waals surface area contributed by atoms with Crippen LogP contribution >= 0.6 is 0 Å². The van der Waals surface area contributed by atoms with E-state index in [1.54, 1.807) is 30.5 Å². The van der Waals surface area contributed by atoms with Gasteiger partial charge in [-0.05, 0) is 18.2 Å². The van der Waals surface area contributed by atoms with Gasteiger partial charge in [0.25, 0.3) is 5.56 Å². The molecule has 0 spiro atoms. The van der Waals surface area contributed by atoms with Gasteiger partial charge < -0.3 is 14.4 Å². The summed E-state index contributed by atoms with van der Waals surface area (Å²) in [6.07, 6.45) is 2.83. The monoisotopic (exact) mass is 340 g/mol. The third-order valence-electron chi connectivity index (χ3n) is 3.87. The summed E-state index contributed by atoms with van der Waals surface area (Å²) in [5, 5.41) is 9.21. The average molecular weight is 340 g/mol. The summed E-state index contributed by atoms with van der Waals surface area (Å²) < 4.78 is 11.3. The zero-order valence-electron chi connectivity index (χ0n) is 13.6. The van der Waals surface area contributed by atoms with Crippen LogP contribution in [0.25, 0.3) is 11.7 Å². The molecule has 0 atom stereocenters. The zero-order chi connectivity index (χ0) is 17.8. The van der Waals surface area contributed by atoms with Crippen molar-refractivity contribution in [3.05, 3.63) is 45.9 Å². The molecule has 0 radical (unpaired) electrons. The van der Waals surface area contributed by atoms with Crippen molar-refractivity contribution in [2.24, 2.45) is 0 Å². The van der Waals surface area contributed by atoms with Crippen LogP contribution in [-0.2, 0) is 14.3 Å². The van der Waals surface area contributed by atoms with Gasteiger partial charge in [0.1, 0.15) is 23.1 Å². The molecule has 128 valence electrons. The van der Waals surface area contributed by atoms with Crippen molar-refractivity contribution in [2.75, 3.05) is 38.3 Å². The van der Waals surface area contributed by atoms with E-state index in [-0.39, 0.29) is 16.7 Å². The molecule has 2 aromatic rings. The Bertz CT molecular complexity index is 936. The quantitative estimate of drug-likeness (QED) is 0.459. The summed E-state index contributed by atoms with van der Waals surface area (Å²) in [7, 11) is 1.18. The number of carbonyl (C=O) groups excluding carboxylic acids is 1. The number of morpholine rings is 1. The maximum Gasteiger partial charge on any atom is 0.348 e. The van der Waals surface area contributed by atoms with Crippen LogP contribution < -0.4 is 10.5 Å². The molecule has 3 rings (SSSR count). The van der Waals surface area contributed by atoms with E-state index in [0.29, 0.717) is 37.8 Å². The van der Waals surface area contributed by atoms with Crippen LogP contribution in [-0.4, -0.2) is 48.8 Å². The van der Waals surface area contributed by atoms with Gasteiger partial charge in [-0.25, -0.2) is 9.78 Å². The first-order valence-electron chi connectivity index (χ1n) is 7.70. The predicted octanol–water partition coefficient (Wildman–Crippen LogP) is 0.611. The highest BCUT2D eigenvalue weighted by Crippen LogP contribution is 2.20. The summed E-state index contributed by atoms with van der Waals surface area (Å²) in [6, 6.07) is 7.00. The van der Waals surface area contributed by atoms with Crippen LogP contribution in [0.2, 0.25) is 0 Å². The number of carbonyl (C=O) groups is 1. The molecule has 0 bridgehead atoms. The third-order valence-corrected chi connectivity index (χ3v) is 3.87. The van der Waals surface area contributed by atoms with Crippen molar-refractivity contribution < 1.29 is 14.3 Å². The first-order chi connectivity index (χ1) is 12.2. The summed E-state index contributed by atoms with van der Waals surface area (Å²) in [5.74, 6) is -0.371. The second-order valence-corrected chi connectivity index (χ2v) is 5.34. The molecule has 0 N–H and O–H groups in total. The predicted molar refractivity (Wildman–Crippen MR) is 90.1 cm³/mol. The average Bonchev–Trinajstić information content (AvgIpc) is 2.67. The van der Waals surface area contributed by atoms with Crippen molar-refractivity contribution in [1.82, 2.24) is 9.38 Å². The molecule has 8 nitrogen and oxygen atoms in total. The molecule has 3 heterocycles. The van der Waals surface area contributed by atoms with E-state index in [1.165, 1.54) is 17.6 Å². The summed E-state index contributed by atoms with van der Waals surface area (Å²) in [5.41, 5.74) is 0.0470. The van der Waals surface area contributed by atoms with Crippen molar-refractivity contribution in [1.29, 1.82) is 5.26 Å². The minimum absolute atomic E-state index is 0.174. The number of anilines is 1. The van der Waals surface area contributed by atoms with Gasteiger partial charge in [0.05, 0.1) is 25.9 Å². The Balaban J connectivity index is 2.25. The van der Waals surface area contributed by atoms with Crippen LogP contribution in [0.3, 0.4) is 0 Å². The fourth-order valence-corrected chi connectivity index (χ4v) is 2.62. The van der Waals surface area contributed by atoms with E-state index >= 15 is 0 Å². The number of hydrogen-bond donors (Lipinski definition) is 0. The molecule has 25 heavy (non-hydrogen) atoms. The Hall–Kier alpha value is -3.18. The van der Waals surface area contributed by atoms with E-state index in [0.717, 1.165) is 0 Å². The Morgan fingerprint density at radius 3 is 2.84 bits per heavy atom. The SMILES string of the molecule is COC(=O)/C(C#N)=C/c1c(N2CCOCC2)nc2ccccn2c1=O. The van der Waals surface area contributed by atoms with Crippen LogP contribution in [0.1, 0.15) is 5.56 Å². The number of esters is 1. The van der Waals surface area contributed by atoms with Crippen molar-refractivity contribution in [3.63, 3.8) is 0 Å². The molecule has 0 aromatic carbocycles. The van der Waals surface area contributed by atoms with Gasteiger partial charge in [0, 0.05) is 19.3 Å². The number of rotatable bonds is 3. The smallest absolute Gasteiger partial charge is 0.348 e. The lowest BCUT2D eigenvalue weighted by molar-refractivity contribution is -0.135. The summed E-state index contributed by atoms with van der Waals surface area (Å²) >= 11 is 0. The molecule has 0 unspecified atom stereocenters. The first-order valence-corrected chi connectivity index (χ1v) is 7.70. The van der Waals surface area contributed by atoms with Gasteiger partial charge in [-0.3, -0.25) is 9.20 Å². The van der Waals surface area contributed by atoms with E-state index in [4.69, 9.17) is 4.74 Å². The second-order valence-electron chi connectivity index (χ2n) is 5.34. The Morgan fingerprint density at radius 2 is 2.16 bits per heavy atom. The van der Waals surface area contributed by atoms with Gasteiger partial charge in [0.2, 0.25) is 0 Å². The fourth-order valence-electron chi connectivity index (χ4n) is 2.62. The molecular formula is C17H16N4O4. The van der Waals surface area contributed by atoms with Gasteiger partial charge >= 0.3 is 5.97 Å². The Morgan fingerprint density at radius 1 is 1.40 bits per heavy atom. The number of methoxy groups -OCH3 is 1. The largest absolute Gasteiger partial charge is 0.465 e. The molecule has 1 aliphatic heterocycles. The van der Waals surface area contributed by atoms with Gasteiger partial charge in [-0.1, -0.05) is 6.07 Å². The van der Waals surface area contributed by atoms with Crippen LogP contribution in [0.5, 0.6) is 0 Å². The minimum Gasteiger partial charge on any atom is -0.465 e. The highest BCUT2D eigenvalue weighted by atomic mass is 16.5. The molecular weight excluding hydrogens is 324 g/mol. The lowest BCUT2D eigenvalue weighted by atomic mass is 10.1. The summed E-state index contributed by atoms with van der Waals surface area (Å²) in [6.45, 7) is 2.16. The molecule has 1 saturated heterocycles. The number of hydrogen-bond acceptors (Lipinski definition) is 7. The van der Waals surface area contributed by atoms with Crippen LogP contribution in [0.15, 0.2) is 34.8 Å². The number of nitrogens with zero attached hydrogens (tertiary/aromatic N) is 4. The highest BCUT2D eigenvalue weighted by Gasteiger charge is 2.21. The number of fused-ring (bicyclic) bond motifs is 1. The first kappa shape index (κ1) is 16.7. The number of pyridine rings is 1. The van der Waals surface area contributed by atoms with Gasteiger partial charge in [-0.15, -0.1) is 0 Å². The van der Waals surface area contributed by atoms with E-state index in [2.05, 4.69) is 9.72 Å². The highest BCUT2D eigenvalue weighted by molar-refractivity contribution is 5.98. The Kier molecular flexibility index (Phi) is 4.77. The fraction of sp³-hybridized carbons (Fsp3) is 0.294. The molecule has 2 aromatic heterocycles. The molecule has 0 saturated carbocycles. The zero-order valence-corrected chi connectivity index (χ0v) is 13.6. The Labute approximate surface area is 143 Å². The van der Waals surface area contributed by atoms with E-state index in [9.17, 15) is 14.9 Å². The van der Waals surface area contributed by atoms with E-state index in [1.807, 2.05) is 4.90 Å². The topological polar surface area (TPSA) is 96.9 Å². The van der Waals surface area contributed by atoms with Crippen LogP contribution in [0.4, 0.5) is 5.82 Å². The van der Waals surface area contributed by atoms with Crippen molar-refractivity contribution in [3.8, 4) is 6.07 Å². The number of ether oxygens (including phenoxy) is 2. The standard InChI is InChI=1S/C17H16N4O4/c1-24-17(23)12(11-18)10-13-15(20-6-8-25-9-7-20)19-14-4-2-3-5-21(14)16(13)22/h2-5,10H,6-9H2,1H3/b12-10+. The second kappa shape index (κ2) is 7.15. The molecule has 1 fully saturated rings. The third kappa shape index (κ3) is 3.22. The maximum absolute atomic E-state index is 12.9. The number of nitriles is 1. The molecule has 8 heteroatoms. The lowest BCUT2D eigenvalue weighted by Crippen LogP contribution is -2.38. The number of aromatic nitrogens is 2. The van der Waals surface area contributed by atoms with Crippen molar-refractivity contribution in [2.45, 2.75) is 0 Å². The molecule has 1 aliphatic rings. The van der Waals surface area contributed by atoms with Gasteiger partial charge in [0.15, 0.2) is 0 Å². The van der Waals surface area contributed by atoms with Crippen LogP contribution in [0, 0.1) is 11.3 Å². The normalized spacial score (nSPS) is 15.0. The van der Waals surface area contributed by atoms with Gasteiger partial charge in [-0.2, -0.15) is 5.26 Å². The lowest BCUT2D eigenvalue weighted by Gasteiger charge is -2.29.